The zero-order chi connectivity index (χ0) is 15.2. The first-order valence-electron chi connectivity index (χ1n) is 7.03. The molecule has 1 N–H and O–H groups in total. The van der Waals surface area contributed by atoms with Gasteiger partial charge in [0.15, 0.2) is 0 Å². The Kier molecular flexibility index (Phi) is 6.09. The van der Waals surface area contributed by atoms with E-state index in [0.717, 1.165) is 41.0 Å². The monoisotopic (exact) mass is 367 g/mol. The Morgan fingerprint density at radius 2 is 1.95 bits per heavy atom. The normalized spacial score (nSPS) is 10.7. The van der Waals surface area contributed by atoms with Gasteiger partial charge in [-0.15, -0.1) is 0 Å². The molecule has 0 fully saturated rings. The molecule has 2 aromatic carbocycles. The van der Waals surface area contributed by atoms with Gasteiger partial charge in [-0.25, -0.2) is 0 Å². The third kappa shape index (κ3) is 4.73. The minimum absolute atomic E-state index is 0.673. The fourth-order valence-corrected chi connectivity index (χ4v) is 2.62. The van der Waals surface area contributed by atoms with Gasteiger partial charge < -0.3 is 10.1 Å². The van der Waals surface area contributed by atoms with Crippen molar-refractivity contribution in [3.05, 3.63) is 57.0 Å². The zero-order valence-electron chi connectivity index (χ0n) is 12.2. The molecule has 4 heteroatoms. The summed E-state index contributed by atoms with van der Waals surface area (Å²) < 4.78 is 6.89. The molecule has 0 aliphatic heterocycles. The first-order valence-corrected chi connectivity index (χ1v) is 8.20. The minimum atomic E-state index is 0.673. The SMILES string of the molecule is CCCNCc1ccc(Oc2cc(Cl)ccc2C)c(Br)c1. The van der Waals surface area contributed by atoms with Crippen LogP contribution in [0.1, 0.15) is 24.5 Å². The summed E-state index contributed by atoms with van der Waals surface area (Å²) in [6.45, 7) is 6.05. The summed E-state index contributed by atoms with van der Waals surface area (Å²) >= 11 is 9.59. The van der Waals surface area contributed by atoms with Crippen LogP contribution < -0.4 is 10.1 Å². The molecule has 0 aliphatic carbocycles. The summed E-state index contributed by atoms with van der Waals surface area (Å²) in [5.74, 6) is 1.57. The molecule has 0 unspecified atom stereocenters. The van der Waals surface area contributed by atoms with Gasteiger partial charge in [-0.2, -0.15) is 0 Å². The lowest BCUT2D eigenvalue weighted by molar-refractivity contribution is 0.475. The first-order chi connectivity index (χ1) is 10.1. The number of rotatable bonds is 6. The lowest BCUT2D eigenvalue weighted by Gasteiger charge is -2.12. The Balaban J connectivity index is 2.12. The van der Waals surface area contributed by atoms with E-state index in [1.54, 1.807) is 0 Å². The van der Waals surface area contributed by atoms with Crippen molar-refractivity contribution < 1.29 is 4.74 Å². The van der Waals surface area contributed by atoms with E-state index in [2.05, 4.69) is 40.3 Å². The molecule has 0 spiro atoms. The highest BCUT2D eigenvalue weighted by molar-refractivity contribution is 9.10. The second-order valence-corrected chi connectivity index (χ2v) is 6.24. The van der Waals surface area contributed by atoms with Crippen LogP contribution in [0.25, 0.3) is 0 Å². The Hall–Kier alpha value is -1.03. The molecule has 0 saturated heterocycles. The summed E-state index contributed by atoms with van der Waals surface area (Å²) in [6.07, 6.45) is 1.14. The predicted octanol–water partition coefficient (Wildman–Crippen LogP) is 5.70. The molecule has 0 bridgehead atoms. The van der Waals surface area contributed by atoms with Crippen LogP contribution in [0.2, 0.25) is 5.02 Å². The van der Waals surface area contributed by atoms with Crippen LogP contribution in [-0.2, 0) is 6.54 Å². The summed E-state index contributed by atoms with van der Waals surface area (Å²) in [5.41, 5.74) is 2.28. The van der Waals surface area contributed by atoms with Gasteiger partial charge in [0.1, 0.15) is 11.5 Å². The average Bonchev–Trinajstić information content (AvgIpc) is 2.46. The molecule has 0 atom stereocenters. The second-order valence-electron chi connectivity index (χ2n) is 4.95. The number of hydrogen-bond donors (Lipinski definition) is 1. The number of halogens is 2. The van der Waals surface area contributed by atoms with Crippen molar-refractivity contribution in [2.24, 2.45) is 0 Å². The fourth-order valence-electron chi connectivity index (χ4n) is 1.95. The third-order valence-electron chi connectivity index (χ3n) is 3.12. The summed E-state index contributed by atoms with van der Waals surface area (Å²) in [4.78, 5) is 0. The van der Waals surface area contributed by atoms with Crippen LogP contribution in [0.5, 0.6) is 11.5 Å². The topological polar surface area (TPSA) is 21.3 Å². The largest absolute Gasteiger partial charge is 0.456 e. The van der Waals surface area contributed by atoms with Gasteiger partial charge in [-0.1, -0.05) is 30.7 Å². The Morgan fingerprint density at radius 3 is 2.67 bits per heavy atom. The molecule has 21 heavy (non-hydrogen) atoms. The number of aryl methyl sites for hydroxylation is 1. The maximum Gasteiger partial charge on any atom is 0.141 e. The highest BCUT2D eigenvalue weighted by Crippen LogP contribution is 2.33. The molecular formula is C17H19BrClNO. The quantitative estimate of drug-likeness (QED) is 0.660. The third-order valence-corrected chi connectivity index (χ3v) is 3.98. The van der Waals surface area contributed by atoms with Crippen molar-refractivity contribution in [3.63, 3.8) is 0 Å². The zero-order valence-corrected chi connectivity index (χ0v) is 14.6. The van der Waals surface area contributed by atoms with Gasteiger partial charge >= 0.3 is 0 Å². The molecule has 0 saturated carbocycles. The average molecular weight is 369 g/mol. The lowest BCUT2D eigenvalue weighted by Crippen LogP contribution is -2.13. The van der Waals surface area contributed by atoms with E-state index < -0.39 is 0 Å². The van der Waals surface area contributed by atoms with Gasteiger partial charge in [0.25, 0.3) is 0 Å². The lowest BCUT2D eigenvalue weighted by atomic mass is 10.2. The van der Waals surface area contributed by atoms with Crippen molar-refractivity contribution in [1.82, 2.24) is 5.32 Å². The van der Waals surface area contributed by atoms with Crippen molar-refractivity contribution in [3.8, 4) is 11.5 Å². The molecule has 0 radical (unpaired) electrons. The van der Waals surface area contributed by atoms with E-state index in [4.69, 9.17) is 16.3 Å². The van der Waals surface area contributed by atoms with Crippen molar-refractivity contribution in [2.45, 2.75) is 26.8 Å². The molecule has 0 amide bonds. The maximum absolute atomic E-state index is 6.02. The predicted molar refractivity (Wildman–Crippen MR) is 92.4 cm³/mol. The van der Waals surface area contributed by atoms with Crippen LogP contribution in [-0.4, -0.2) is 6.54 Å². The highest BCUT2D eigenvalue weighted by Gasteiger charge is 2.07. The van der Waals surface area contributed by atoms with Crippen molar-refractivity contribution in [2.75, 3.05) is 6.54 Å². The van der Waals surface area contributed by atoms with Gasteiger partial charge in [-0.05, 0) is 71.2 Å². The molecule has 2 nitrogen and oxygen atoms in total. The van der Waals surface area contributed by atoms with Gasteiger partial charge in [-0.3, -0.25) is 0 Å². The summed E-state index contributed by atoms with van der Waals surface area (Å²) in [5, 5.41) is 4.06. The summed E-state index contributed by atoms with van der Waals surface area (Å²) in [7, 11) is 0. The Labute approximate surface area is 139 Å². The number of nitrogens with one attached hydrogen (secondary N) is 1. The van der Waals surface area contributed by atoms with E-state index in [-0.39, 0.29) is 0 Å². The van der Waals surface area contributed by atoms with E-state index in [9.17, 15) is 0 Å². The van der Waals surface area contributed by atoms with Crippen LogP contribution in [0, 0.1) is 6.92 Å². The number of benzene rings is 2. The van der Waals surface area contributed by atoms with Crippen LogP contribution in [0.3, 0.4) is 0 Å². The van der Waals surface area contributed by atoms with E-state index in [1.165, 1.54) is 5.56 Å². The van der Waals surface area contributed by atoms with Gasteiger partial charge in [0, 0.05) is 11.6 Å². The highest BCUT2D eigenvalue weighted by atomic mass is 79.9. The van der Waals surface area contributed by atoms with Crippen LogP contribution in [0.15, 0.2) is 40.9 Å². The maximum atomic E-state index is 6.02. The smallest absolute Gasteiger partial charge is 0.141 e. The second kappa shape index (κ2) is 7.83. The van der Waals surface area contributed by atoms with Crippen LogP contribution >= 0.6 is 27.5 Å². The number of ether oxygens (including phenoxy) is 1. The number of hydrogen-bond acceptors (Lipinski definition) is 2. The molecule has 2 rings (SSSR count). The first kappa shape index (κ1) is 16.3. The fraction of sp³-hybridized carbons (Fsp3) is 0.294. The van der Waals surface area contributed by atoms with Crippen LogP contribution in [0.4, 0.5) is 0 Å². The molecule has 0 heterocycles. The molecule has 112 valence electrons. The van der Waals surface area contributed by atoms with E-state index in [0.29, 0.717) is 5.02 Å². The minimum Gasteiger partial charge on any atom is -0.456 e. The molecule has 0 aromatic heterocycles. The van der Waals surface area contributed by atoms with Gasteiger partial charge in [0.2, 0.25) is 0 Å². The molecular weight excluding hydrogens is 350 g/mol. The van der Waals surface area contributed by atoms with E-state index in [1.807, 2.05) is 31.2 Å². The van der Waals surface area contributed by atoms with E-state index >= 15 is 0 Å². The van der Waals surface area contributed by atoms with Crippen molar-refractivity contribution in [1.29, 1.82) is 0 Å². The molecule has 2 aromatic rings. The van der Waals surface area contributed by atoms with Crippen molar-refractivity contribution >= 4 is 27.5 Å². The summed E-state index contributed by atoms with van der Waals surface area (Å²) in [6, 6.07) is 11.8. The molecule has 0 aliphatic rings. The Morgan fingerprint density at radius 1 is 1.14 bits per heavy atom. The standard InChI is InChI=1S/C17H19BrClNO/c1-3-8-20-11-13-5-7-16(15(18)9-13)21-17-10-14(19)6-4-12(17)2/h4-7,9-10,20H,3,8,11H2,1-2H3. The Bertz CT molecular complexity index is 616. The van der Waals surface area contributed by atoms with Gasteiger partial charge in [0.05, 0.1) is 4.47 Å².